The van der Waals surface area contributed by atoms with Gasteiger partial charge >= 0.3 is 0 Å². The van der Waals surface area contributed by atoms with Crippen molar-refractivity contribution in [2.45, 2.75) is 55.9 Å². The van der Waals surface area contributed by atoms with Crippen molar-refractivity contribution < 1.29 is 13.2 Å². The van der Waals surface area contributed by atoms with Crippen LogP contribution in [0, 0.1) is 11.8 Å². The van der Waals surface area contributed by atoms with Crippen molar-refractivity contribution in [2.75, 3.05) is 13.1 Å². The molecule has 2 unspecified atom stereocenters. The Bertz CT molecular complexity index is 907. The molecular formula is C20H26ClN3O3S. The second-order valence-electron chi connectivity index (χ2n) is 8.31. The van der Waals surface area contributed by atoms with E-state index in [2.05, 4.69) is 12.2 Å². The maximum atomic E-state index is 12.9. The number of nitrogens with one attached hydrogen (secondary N) is 1. The second kappa shape index (κ2) is 7.43. The Kier molecular flexibility index (Phi) is 5.27. The summed E-state index contributed by atoms with van der Waals surface area (Å²) < 4.78 is 27.2. The van der Waals surface area contributed by atoms with Gasteiger partial charge in [0.1, 0.15) is 11.4 Å². The molecule has 3 aliphatic rings. The molecule has 1 N–H and O–H groups in total. The predicted octanol–water partition coefficient (Wildman–Crippen LogP) is 3.22. The van der Waals surface area contributed by atoms with Crippen LogP contribution < -0.4 is 5.32 Å². The molecule has 1 aromatic carbocycles. The number of aliphatic imine (C=N–C) groups is 1. The molecule has 152 valence electrons. The lowest BCUT2D eigenvalue weighted by molar-refractivity contribution is -0.125. The summed E-state index contributed by atoms with van der Waals surface area (Å²) in [7, 11) is -3.62. The van der Waals surface area contributed by atoms with Crippen LogP contribution >= 0.6 is 11.6 Å². The van der Waals surface area contributed by atoms with Crippen LogP contribution in [0.5, 0.6) is 0 Å². The number of nitrogens with zero attached hydrogens (tertiary/aromatic N) is 2. The summed E-state index contributed by atoms with van der Waals surface area (Å²) >= 11 is 5.95. The fourth-order valence-electron chi connectivity index (χ4n) is 4.63. The summed E-state index contributed by atoms with van der Waals surface area (Å²) in [5.74, 6) is 1.73. The first-order chi connectivity index (χ1) is 13.3. The third-order valence-electron chi connectivity index (χ3n) is 6.31. The normalized spacial score (nSPS) is 28.2. The number of amides is 1. The van der Waals surface area contributed by atoms with E-state index in [1.807, 2.05) is 0 Å². The molecule has 2 aliphatic heterocycles. The van der Waals surface area contributed by atoms with Crippen molar-refractivity contribution in [2.24, 2.45) is 16.8 Å². The molecule has 1 spiro atoms. The lowest BCUT2D eigenvalue weighted by atomic mass is 9.82. The number of hydrogen-bond acceptors (Lipinski definition) is 4. The maximum absolute atomic E-state index is 12.9. The quantitative estimate of drug-likeness (QED) is 0.810. The number of rotatable bonds is 3. The number of piperidine rings is 1. The van der Waals surface area contributed by atoms with Crippen molar-refractivity contribution in [3.05, 3.63) is 29.3 Å². The molecule has 0 aromatic heterocycles. The van der Waals surface area contributed by atoms with Gasteiger partial charge in [-0.1, -0.05) is 37.4 Å². The fourth-order valence-corrected chi connectivity index (χ4v) is 6.37. The molecule has 4 rings (SSSR count). The average Bonchev–Trinajstić information content (AvgIpc) is 2.98. The summed E-state index contributed by atoms with van der Waals surface area (Å²) in [6.07, 6.45) is 5.34. The molecular weight excluding hydrogens is 398 g/mol. The minimum atomic E-state index is -3.62. The number of sulfonamides is 1. The molecule has 1 saturated heterocycles. The lowest BCUT2D eigenvalue weighted by Crippen LogP contribution is -2.50. The Morgan fingerprint density at radius 2 is 2.00 bits per heavy atom. The first kappa shape index (κ1) is 19.9. The summed E-state index contributed by atoms with van der Waals surface area (Å²) in [6.45, 7) is 2.80. The summed E-state index contributed by atoms with van der Waals surface area (Å²) in [4.78, 5) is 17.8. The molecule has 1 saturated carbocycles. The SMILES string of the molecule is CC1CCCC(C2=NC3(CCN(S(=O)(=O)c4cccc(Cl)c4)CC3)C(=O)N2)C1. The van der Waals surface area contributed by atoms with Gasteiger partial charge in [-0.25, -0.2) is 8.42 Å². The topological polar surface area (TPSA) is 78.8 Å². The Morgan fingerprint density at radius 1 is 1.25 bits per heavy atom. The highest BCUT2D eigenvalue weighted by atomic mass is 35.5. The maximum Gasteiger partial charge on any atom is 0.253 e. The minimum Gasteiger partial charge on any atom is -0.312 e. The Hall–Kier alpha value is -1.44. The van der Waals surface area contributed by atoms with E-state index < -0.39 is 15.6 Å². The van der Waals surface area contributed by atoms with Gasteiger partial charge in [-0.05, 0) is 49.8 Å². The van der Waals surface area contributed by atoms with Gasteiger partial charge < -0.3 is 5.32 Å². The Morgan fingerprint density at radius 3 is 2.68 bits per heavy atom. The van der Waals surface area contributed by atoms with Gasteiger partial charge in [0.25, 0.3) is 5.91 Å². The van der Waals surface area contributed by atoms with Gasteiger partial charge in [-0.3, -0.25) is 9.79 Å². The van der Waals surface area contributed by atoms with E-state index in [9.17, 15) is 13.2 Å². The van der Waals surface area contributed by atoms with E-state index in [0.717, 1.165) is 18.7 Å². The zero-order valence-corrected chi connectivity index (χ0v) is 17.6. The highest BCUT2D eigenvalue weighted by Gasteiger charge is 2.48. The van der Waals surface area contributed by atoms with E-state index in [1.165, 1.54) is 23.2 Å². The molecule has 2 fully saturated rings. The fraction of sp³-hybridized carbons (Fsp3) is 0.600. The van der Waals surface area contributed by atoms with Crippen LogP contribution in [0.2, 0.25) is 5.02 Å². The van der Waals surface area contributed by atoms with Crippen molar-refractivity contribution in [1.82, 2.24) is 9.62 Å². The van der Waals surface area contributed by atoms with E-state index in [4.69, 9.17) is 16.6 Å². The van der Waals surface area contributed by atoms with Crippen molar-refractivity contribution >= 4 is 33.4 Å². The van der Waals surface area contributed by atoms with E-state index in [-0.39, 0.29) is 23.9 Å². The monoisotopic (exact) mass is 423 g/mol. The van der Waals surface area contributed by atoms with Crippen LogP contribution in [0.3, 0.4) is 0 Å². The van der Waals surface area contributed by atoms with Crippen LogP contribution in [-0.2, 0) is 14.8 Å². The lowest BCUT2D eigenvalue weighted by Gasteiger charge is -2.34. The van der Waals surface area contributed by atoms with Gasteiger partial charge in [-0.15, -0.1) is 0 Å². The molecule has 1 aromatic rings. The second-order valence-corrected chi connectivity index (χ2v) is 10.7. The van der Waals surface area contributed by atoms with E-state index in [0.29, 0.717) is 29.7 Å². The van der Waals surface area contributed by atoms with Crippen LogP contribution in [0.15, 0.2) is 34.2 Å². The molecule has 2 atom stereocenters. The van der Waals surface area contributed by atoms with E-state index >= 15 is 0 Å². The number of amidine groups is 1. The predicted molar refractivity (Wildman–Crippen MR) is 109 cm³/mol. The van der Waals surface area contributed by atoms with Gasteiger partial charge in [0, 0.05) is 24.0 Å². The zero-order chi connectivity index (χ0) is 19.9. The number of carbonyl (C=O) groups excluding carboxylic acids is 1. The number of carbonyl (C=O) groups is 1. The van der Waals surface area contributed by atoms with Crippen molar-refractivity contribution in [3.63, 3.8) is 0 Å². The van der Waals surface area contributed by atoms with Crippen LogP contribution in [-0.4, -0.2) is 43.1 Å². The third kappa shape index (κ3) is 3.60. The molecule has 28 heavy (non-hydrogen) atoms. The van der Waals surface area contributed by atoms with Gasteiger partial charge in [0.2, 0.25) is 10.0 Å². The smallest absolute Gasteiger partial charge is 0.253 e. The van der Waals surface area contributed by atoms with Crippen LogP contribution in [0.4, 0.5) is 0 Å². The molecule has 0 bridgehead atoms. The molecule has 2 heterocycles. The Balaban J connectivity index is 1.49. The van der Waals surface area contributed by atoms with Crippen LogP contribution in [0.1, 0.15) is 45.4 Å². The van der Waals surface area contributed by atoms with Crippen molar-refractivity contribution in [1.29, 1.82) is 0 Å². The minimum absolute atomic E-state index is 0.0690. The molecule has 8 heteroatoms. The number of hydrogen-bond donors (Lipinski definition) is 1. The van der Waals surface area contributed by atoms with Gasteiger partial charge in [0.05, 0.1) is 4.90 Å². The number of benzene rings is 1. The largest absolute Gasteiger partial charge is 0.312 e. The van der Waals surface area contributed by atoms with Gasteiger partial charge in [-0.2, -0.15) is 4.31 Å². The van der Waals surface area contributed by atoms with E-state index in [1.54, 1.807) is 18.2 Å². The molecule has 6 nitrogen and oxygen atoms in total. The summed E-state index contributed by atoms with van der Waals surface area (Å²) in [6, 6.07) is 6.29. The number of halogens is 1. The van der Waals surface area contributed by atoms with Crippen molar-refractivity contribution in [3.8, 4) is 0 Å². The molecule has 1 amide bonds. The third-order valence-corrected chi connectivity index (χ3v) is 8.43. The molecule has 0 radical (unpaired) electrons. The first-order valence-electron chi connectivity index (χ1n) is 9.97. The summed E-state index contributed by atoms with van der Waals surface area (Å²) in [5.41, 5.74) is -0.809. The average molecular weight is 424 g/mol. The highest BCUT2D eigenvalue weighted by Crippen LogP contribution is 2.36. The molecule has 1 aliphatic carbocycles. The highest BCUT2D eigenvalue weighted by molar-refractivity contribution is 7.89. The van der Waals surface area contributed by atoms with Gasteiger partial charge in [0.15, 0.2) is 0 Å². The van der Waals surface area contributed by atoms with Crippen LogP contribution in [0.25, 0.3) is 0 Å². The zero-order valence-electron chi connectivity index (χ0n) is 16.0. The standard InChI is InChI=1S/C20H26ClN3O3S/c1-14-4-2-5-15(12-14)18-22-19(25)20(23-18)8-10-24(11-9-20)28(26,27)17-7-3-6-16(21)13-17/h3,6-7,13-15H,2,4-5,8-12H2,1H3,(H,22,23,25). The first-order valence-corrected chi connectivity index (χ1v) is 11.8. The summed E-state index contributed by atoms with van der Waals surface area (Å²) in [5, 5.41) is 3.41. The Labute approximate surface area is 171 Å².